The minimum atomic E-state index is 0.122. The monoisotopic (exact) mass is 361 g/mol. The van der Waals surface area contributed by atoms with Crippen molar-refractivity contribution in [2.45, 2.75) is 51.9 Å². The highest BCUT2D eigenvalue weighted by Crippen LogP contribution is 2.27. The molecule has 1 saturated carbocycles. The van der Waals surface area contributed by atoms with Gasteiger partial charge in [-0.3, -0.25) is 4.79 Å². The number of imidazole rings is 1. The van der Waals surface area contributed by atoms with E-state index in [1.165, 1.54) is 32.1 Å². The van der Waals surface area contributed by atoms with Gasteiger partial charge in [-0.2, -0.15) is 0 Å². The summed E-state index contributed by atoms with van der Waals surface area (Å²) in [5.74, 6) is 0.863. The number of fused-ring (bicyclic) bond motifs is 1. The Balaban J connectivity index is 1.38. The highest BCUT2D eigenvalue weighted by molar-refractivity contribution is 5.90. The minimum Gasteiger partial charge on any atom is -0.326 e. The number of carbonyl (C=O) groups is 1. The molecule has 1 aliphatic carbocycles. The first-order chi connectivity index (χ1) is 13.2. The van der Waals surface area contributed by atoms with E-state index < -0.39 is 0 Å². The van der Waals surface area contributed by atoms with Crippen molar-refractivity contribution >= 4 is 17.2 Å². The molecule has 2 aromatic heterocycles. The molecule has 27 heavy (non-hydrogen) atoms. The number of carbonyl (C=O) groups excluding carboxylic acids is 1. The van der Waals surface area contributed by atoms with Gasteiger partial charge in [-0.15, -0.1) is 0 Å². The van der Waals surface area contributed by atoms with Gasteiger partial charge in [0.15, 0.2) is 0 Å². The molecule has 4 heteroatoms. The summed E-state index contributed by atoms with van der Waals surface area (Å²) in [6.07, 6.45) is 12.3. The number of anilines is 1. The van der Waals surface area contributed by atoms with E-state index >= 15 is 0 Å². The number of nitrogens with zero attached hydrogens (tertiary/aromatic N) is 2. The molecule has 1 N–H and O–H groups in total. The molecule has 0 aliphatic heterocycles. The molecule has 0 unspecified atom stereocenters. The van der Waals surface area contributed by atoms with Gasteiger partial charge in [0.05, 0.1) is 5.69 Å². The lowest BCUT2D eigenvalue weighted by molar-refractivity contribution is -0.116. The zero-order valence-corrected chi connectivity index (χ0v) is 15.9. The maximum Gasteiger partial charge on any atom is 0.224 e. The lowest BCUT2D eigenvalue weighted by atomic mass is 9.86. The van der Waals surface area contributed by atoms with Crippen LogP contribution < -0.4 is 5.32 Å². The van der Waals surface area contributed by atoms with Crippen molar-refractivity contribution in [1.82, 2.24) is 9.38 Å². The van der Waals surface area contributed by atoms with E-state index in [0.717, 1.165) is 40.5 Å². The molecule has 4 nitrogen and oxygen atoms in total. The van der Waals surface area contributed by atoms with Crippen LogP contribution in [-0.4, -0.2) is 15.3 Å². The fraction of sp³-hybridized carbons (Fsp3) is 0.391. The average Bonchev–Trinajstić information content (AvgIpc) is 3.14. The third kappa shape index (κ3) is 4.21. The Kier molecular flexibility index (Phi) is 5.23. The Morgan fingerprint density at radius 1 is 1.15 bits per heavy atom. The molecule has 4 rings (SSSR count). The van der Waals surface area contributed by atoms with Crippen LogP contribution in [0, 0.1) is 12.8 Å². The zero-order chi connectivity index (χ0) is 18.6. The molecule has 1 amide bonds. The number of nitrogens with one attached hydrogen (secondary N) is 1. The molecule has 1 fully saturated rings. The van der Waals surface area contributed by atoms with E-state index in [1.807, 2.05) is 47.1 Å². The van der Waals surface area contributed by atoms with E-state index in [1.54, 1.807) is 0 Å². The highest BCUT2D eigenvalue weighted by Gasteiger charge is 2.15. The van der Waals surface area contributed by atoms with Gasteiger partial charge in [0, 0.05) is 30.1 Å². The second kappa shape index (κ2) is 7.95. The van der Waals surface area contributed by atoms with Crippen molar-refractivity contribution in [2.75, 3.05) is 5.32 Å². The Hall–Kier alpha value is -2.62. The number of benzene rings is 1. The third-order valence-corrected chi connectivity index (χ3v) is 5.65. The van der Waals surface area contributed by atoms with Gasteiger partial charge in [-0.25, -0.2) is 4.98 Å². The summed E-state index contributed by atoms with van der Waals surface area (Å²) < 4.78 is 2.05. The first-order valence-corrected chi connectivity index (χ1v) is 10.0. The summed E-state index contributed by atoms with van der Waals surface area (Å²) in [7, 11) is 0. The van der Waals surface area contributed by atoms with E-state index in [-0.39, 0.29) is 5.91 Å². The Morgan fingerprint density at radius 3 is 2.67 bits per heavy atom. The average molecular weight is 361 g/mol. The van der Waals surface area contributed by atoms with Crippen molar-refractivity contribution in [3.63, 3.8) is 0 Å². The van der Waals surface area contributed by atoms with Gasteiger partial charge in [0.2, 0.25) is 5.91 Å². The van der Waals surface area contributed by atoms with Crippen LogP contribution in [-0.2, 0) is 4.79 Å². The Morgan fingerprint density at radius 2 is 1.93 bits per heavy atom. The van der Waals surface area contributed by atoms with Gasteiger partial charge in [0.1, 0.15) is 5.65 Å². The van der Waals surface area contributed by atoms with Crippen molar-refractivity contribution in [2.24, 2.45) is 5.92 Å². The van der Waals surface area contributed by atoms with Gasteiger partial charge >= 0.3 is 0 Å². The maximum absolute atomic E-state index is 12.2. The molecule has 3 aromatic rings. The number of hydrogen-bond acceptors (Lipinski definition) is 2. The van der Waals surface area contributed by atoms with Crippen LogP contribution in [0.4, 0.5) is 5.69 Å². The normalized spacial score (nSPS) is 15.1. The fourth-order valence-electron chi connectivity index (χ4n) is 4.05. The van der Waals surface area contributed by atoms with Gasteiger partial charge in [-0.05, 0) is 43.0 Å². The van der Waals surface area contributed by atoms with E-state index in [2.05, 4.69) is 18.3 Å². The van der Waals surface area contributed by atoms with E-state index in [0.29, 0.717) is 6.42 Å². The number of hydrogen-bond donors (Lipinski definition) is 1. The quantitative estimate of drug-likeness (QED) is 0.642. The molecule has 0 atom stereocenters. The molecule has 0 bridgehead atoms. The van der Waals surface area contributed by atoms with E-state index in [4.69, 9.17) is 4.98 Å². The van der Waals surface area contributed by atoms with Crippen molar-refractivity contribution < 1.29 is 4.79 Å². The molecule has 2 heterocycles. The number of rotatable bonds is 5. The predicted octanol–water partition coefficient (Wildman–Crippen LogP) is 5.61. The van der Waals surface area contributed by atoms with Crippen molar-refractivity contribution in [3.8, 4) is 11.3 Å². The summed E-state index contributed by atoms with van der Waals surface area (Å²) >= 11 is 0. The molecule has 0 saturated heterocycles. The summed E-state index contributed by atoms with van der Waals surface area (Å²) in [5.41, 5.74) is 4.99. The fourth-order valence-corrected chi connectivity index (χ4v) is 4.05. The SMILES string of the molecule is Cc1cccn2cc(-c3ccc(NC(=O)CCC4CCCCC4)cc3)nc12. The van der Waals surface area contributed by atoms with Crippen LogP contribution in [0.2, 0.25) is 0 Å². The Bertz CT molecular complexity index is 920. The van der Waals surface area contributed by atoms with Gasteiger partial charge in [0.25, 0.3) is 0 Å². The first kappa shape index (κ1) is 17.8. The van der Waals surface area contributed by atoms with Crippen LogP contribution in [0.25, 0.3) is 16.9 Å². The summed E-state index contributed by atoms with van der Waals surface area (Å²) in [6.45, 7) is 2.07. The molecule has 0 spiro atoms. The molecule has 1 aliphatic rings. The van der Waals surface area contributed by atoms with Crippen LogP contribution in [0.3, 0.4) is 0 Å². The number of aryl methyl sites for hydroxylation is 1. The molecular weight excluding hydrogens is 334 g/mol. The zero-order valence-electron chi connectivity index (χ0n) is 15.9. The van der Waals surface area contributed by atoms with Crippen LogP contribution in [0.15, 0.2) is 48.8 Å². The third-order valence-electron chi connectivity index (χ3n) is 5.65. The molecular formula is C23H27N3O. The second-order valence-electron chi connectivity index (χ2n) is 7.72. The maximum atomic E-state index is 12.2. The van der Waals surface area contributed by atoms with Gasteiger partial charge < -0.3 is 9.72 Å². The lowest BCUT2D eigenvalue weighted by Crippen LogP contribution is -2.14. The van der Waals surface area contributed by atoms with Crippen molar-refractivity contribution in [3.05, 3.63) is 54.4 Å². The lowest BCUT2D eigenvalue weighted by Gasteiger charge is -2.21. The second-order valence-corrected chi connectivity index (χ2v) is 7.72. The summed E-state index contributed by atoms with van der Waals surface area (Å²) in [6, 6.07) is 12.1. The smallest absolute Gasteiger partial charge is 0.224 e. The minimum absolute atomic E-state index is 0.122. The summed E-state index contributed by atoms with van der Waals surface area (Å²) in [4.78, 5) is 17.0. The Labute approximate surface area is 160 Å². The van der Waals surface area contributed by atoms with Gasteiger partial charge in [-0.1, -0.05) is 50.3 Å². The first-order valence-electron chi connectivity index (χ1n) is 10.0. The molecule has 140 valence electrons. The highest BCUT2D eigenvalue weighted by atomic mass is 16.1. The molecule has 1 aromatic carbocycles. The summed E-state index contributed by atoms with van der Waals surface area (Å²) in [5, 5.41) is 3.03. The molecule has 0 radical (unpaired) electrons. The van der Waals surface area contributed by atoms with Crippen LogP contribution >= 0.6 is 0 Å². The predicted molar refractivity (Wildman–Crippen MR) is 110 cm³/mol. The number of aromatic nitrogens is 2. The van der Waals surface area contributed by atoms with Crippen LogP contribution in [0.1, 0.15) is 50.5 Å². The largest absolute Gasteiger partial charge is 0.326 e. The standard InChI is InChI=1S/C23H27N3O/c1-17-6-5-15-26-16-21(25-23(17)26)19-10-12-20(13-11-19)24-22(27)14-9-18-7-3-2-4-8-18/h5-6,10-13,15-16,18H,2-4,7-9,14H2,1H3,(H,24,27). The van der Waals surface area contributed by atoms with Crippen LogP contribution in [0.5, 0.6) is 0 Å². The van der Waals surface area contributed by atoms with Crippen molar-refractivity contribution in [1.29, 1.82) is 0 Å². The topological polar surface area (TPSA) is 46.4 Å². The van der Waals surface area contributed by atoms with E-state index in [9.17, 15) is 4.79 Å². The number of pyridine rings is 1. The number of amides is 1.